The Bertz CT molecular complexity index is 204. The van der Waals surface area contributed by atoms with Crippen LogP contribution in [0.3, 0.4) is 0 Å². The number of rotatable bonds is 2. The highest BCUT2D eigenvalue weighted by molar-refractivity contribution is 5.84. The number of ether oxygens (including phenoxy) is 2. The fraction of sp³-hybridized carbons (Fsp3) is 0.750. The zero-order valence-electron chi connectivity index (χ0n) is 7.54. The minimum absolute atomic E-state index is 0.0544. The summed E-state index contributed by atoms with van der Waals surface area (Å²) >= 11 is 0. The Morgan fingerprint density at radius 2 is 2.54 bits per heavy atom. The van der Waals surface area contributed by atoms with Gasteiger partial charge in [-0.1, -0.05) is 0 Å². The fourth-order valence-electron chi connectivity index (χ4n) is 1.08. The van der Waals surface area contributed by atoms with Gasteiger partial charge in [0.2, 0.25) is 5.91 Å². The molecule has 0 aliphatic carbocycles. The number of hydrogen-bond acceptors (Lipinski definition) is 4. The molecular formula is C8H13NO4. The van der Waals surface area contributed by atoms with E-state index in [0.717, 1.165) is 0 Å². The van der Waals surface area contributed by atoms with Crippen molar-refractivity contribution in [2.45, 2.75) is 19.4 Å². The molecule has 0 saturated carbocycles. The third-order valence-corrected chi connectivity index (χ3v) is 1.66. The molecule has 5 nitrogen and oxygen atoms in total. The third-order valence-electron chi connectivity index (χ3n) is 1.66. The normalized spacial score (nSPS) is 23.2. The van der Waals surface area contributed by atoms with Crippen LogP contribution in [0.15, 0.2) is 0 Å². The van der Waals surface area contributed by atoms with Crippen molar-refractivity contribution in [3.63, 3.8) is 0 Å². The first kappa shape index (κ1) is 9.98. The van der Waals surface area contributed by atoms with Crippen molar-refractivity contribution in [1.29, 1.82) is 0 Å². The molecule has 1 aliphatic rings. The van der Waals surface area contributed by atoms with Crippen LogP contribution in [0.5, 0.6) is 0 Å². The zero-order chi connectivity index (χ0) is 9.68. The number of nitrogens with one attached hydrogen (secondary N) is 1. The summed E-state index contributed by atoms with van der Waals surface area (Å²) < 4.78 is 9.87. The van der Waals surface area contributed by atoms with Crippen molar-refractivity contribution in [2.75, 3.05) is 19.8 Å². The molecule has 0 aromatic heterocycles. The van der Waals surface area contributed by atoms with Gasteiger partial charge in [0.05, 0.1) is 19.6 Å². The van der Waals surface area contributed by atoms with E-state index < -0.39 is 12.1 Å². The van der Waals surface area contributed by atoms with E-state index >= 15 is 0 Å². The molecule has 1 fully saturated rings. The van der Waals surface area contributed by atoms with E-state index in [0.29, 0.717) is 19.8 Å². The summed E-state index contributed by atoms with van der Waals surface area (Å²) in [6.07, 6.45) is -0.679. The van der Waals surface area contributed by atoms with Crippen LogP contribution in [-0.2, 0) is 19.1 Å². The van der Waals surface area contributed by atoms with E-state index in [4.69, 9.17) is 9.47 Å². The molecule has 1 aliphatic heterocycles. The van der Waals surface area contributed by atoms with Gasteiger partial charge in [-0.2, -0.15) is 0 Å². The molecule has 1 heterocycles. The maximum Gasteiger partial charge on any atom is 0.335 e. The summed E-state index contributed by atoms with van der Waals surface area (Å²) in [5.74, 6) is -0.630. The second kappa shape index (κ2) is 4.81. The average Bonchev–Trinajstić information content (AvgIpc) is 2.30. The first-order chi connectivity index (χ1) is 6.24. The molecule has 0 aromatic rings. The van der Waals surface area contributed by atoms with Gasteiger partial charge in [-0.05, 0) is 6.92 Å². The second-order valence-corrected chi connectivity index (χ2v) is 2.67. The number of carbonyl (C=O) groups excluding carboxylic acids is 2. The van der Waals surface area contributed by atoms with E-state index in [-0.39, 0.29) is 12.3 Å². The van der Waals surface area contributed by atoms with E-state index in [1.165, 1.54) is 0 Å². The lowest BCUT2D eigenvalue weighted by molar-refractivity contribution is -0.157. The quantitative estimate of drug-likeness (QED) is 0.589. The van der Waals surface area contributed by atoms with Crippen LogP contribution < -0.4 is 5.32 Å². The van der Waals surface area contributed by atoms with Crippen LogP contribution in [0.2, 0.25) is 0 Å². The molecule has 5 heteroatoms. The first-order valence-corrected chi connectivity index (χ1v) is 4.29. The van der Waals surface area contributed by atoms with Crippen LogP contribution in [0, 0.1) is 0 Å². The van der Waals surface area contributed by atoms with E-state index in [2.05, 4.69) is 5.32 Å². The van der Waals surface area contributed by atoms with Gasteiger partial charge in [-0.3, -0.25) is 4.79 Å². The Morgan fingerprint density at radius 1 is 1.77 bits per heavy atom. The van der Waals surface area contributed by atoms with Crippen LogP contribution in [0.4, 0.5) is 0 Å². The number of hydrogen-bond donors (Lipinski definition) is 1. The Balaban J connectivity index is 2.47. The Kier molecular flexibility index (Phi) is 3.70. The van der Waals surface area contributed by atoms with Crippen molar-refractivity contribution in [3.05, 3.63) is 0 Å². The molecule has 1 rings (SSSR count). The van der Waals surface area contributed by atoms with Crippen LogP contribution in [0.1, 0.15) is 13.3 Å². The largest absolute Gasteiger partial charge is 0.464 e. The Hall–Kier alpha value is -1.10. The van der Waals surface area contributed by atoms with Gasteiger partial charge in [0.15, 0.2) is 6.10 Å². The highest BCUT2D eigenvalue weighted by Gasteiger charge is 2.25. The molecule has 0 spiro atoms. The summed E-state index contributed by atoms with van der Waals surface area (Å²) in [6, 6.07) is 0. The summed E-state index contributed by atoms with van der Waals surface area (Å²) in [5, 5.41) is 2.60. The molecule has 1 saturated heterocycles. The van der Waals surface area contributed by atoms with E-state index in [1.807, 2.05) is 0 Å². The van der Waals surface area contributed by atoms with Crippen molar-refractivity contribution in [2.24, 2.45) is 0 Å². The summed E-state index contributed by atoms with van der Waals surface area (Å²) in [5.41, 5.74) is 0. The minimum atomic E-state index is -0.734. The lowest BCUT2D eigenvalue weighted by Gasteiger charge is -2.11. The summed E-state index contributed by atoms with van der Waals surface area (Å²) in [7, 11) is 0. The van der Waals surface area contributed by atoms with Crippen molar-refractivity contribution in [1.82, 2.24) is 5.32 Å². The number of carbonyl (C=O) groups is 2. The highest BCUT2D eigenvalue weighted by atomic mass is 16.6. The smallest absolute Gasteiger partial charge is 0.335 e. The Morgan fingerprint density at radius 3 is 3.23 bits per heavy atom. The molecule has 0 bridgehead atoms. The molecule has 1 unspecified atom stereocenters. The van der Waals surface area contributed by atoms with Gasteiger partial charge < -0.3 is 14.8 Å². The second-order valence-electron chi connectivity index (χ2n) is 2.67. The molecule has 0 radical (unpaired) electrons. The van der Waals surface area contributed by atoms with Crippen LogP contribution in [0.25, 0.3) is 0 Å². The lowest BCUT2D eigenvalue weighted by Crippen LogP contribution is -2.29. The predicted molar refractivity (Wildman–Crippen MR) is 44.0 cm³/mol. The molecular weight excluding hydrogens is 174 g/mol. The predicted octanol–water partition coefficient (Wildman–Crippen LogP) is -0.545. The lowest BCUT2D eigenvalue weighted by atomic mass is 10.2. The van der Waals surface area contributed by atoms with Gasteiger partial charge in [0.1, 0.15) is 0 Å². The third kappa shape index (κ3) is 3.02. The molecule has 74 valence electrons. The fourth-order valence-corrected chi connectivity index (χ4v) is 1.08. The van der Waals surface area contributed by atoms with Gasteiger partial charge in [0, 0.05) is 6.54 Å². The van der Waals surface area contributed by atoms with Crippen LogP contribution >= 0.6 is 0 Å². The van der Waals surface area contributed by atoms with Crippen molar-refractivity contribution < 1.29 is 19.1 Å². The van der Waals surface area contributed by atoms with Gasteiger partial charge in [-0.25, -0.2) is 4.79 Å². The topological polar surface area (TPSA) is 64.6 Å². The maximum absolute atomic E-state index is 11.2. The first-order valence-electron chi connectivity index (χ1n) is 4.29. The number of esters is 1. The van der Waals surface area contributed by atoms with Crippen LogP contribution in [-0.4, -0.2) is 37.7 Å². The minimum Gasteiger partial charge on any atom is -0.464 e. The highest BCUT2D eigenvalue weighted by Crippen LogP contribution is 2.04. The molecule has 13 heavy (non-hydrogen) atoms. The van der Waals surface area contributed by atoms with Crippen molar-refractivity contribution in [3.8, 4) is 0 Å². The maximum atomic E-state index is 11.2. The summed E-state index contributed by atoms with van der Waals surface area (Å²) in [4.78, 5) is 22.2. The molecule has 1 amide bonds. The van der Waals surface area contributed by atoms with E-state index in [1.54, 1.807) is 6.92 Å². The van der Waals surface area contributed by atoms with Gasteiger partial charge in [-0.15, -0.1) is 0 Å². The molecule has 1 atom stereocenters. The zero-order valence-corrected chi connectivity index (χ0v) is 7.54. The van der Waals surface area contributed by atoms with Gasteiger partial charge in [0.25, 0.3) is 0 Å². The van der Waals surface area contributed by atoms with E-state index in [9.17, 15) is 9.59 Å². The molecule has 0 aromatic carbocycles. The van der Waals surface area contributed by atoms with Crippen molar-refractivity contribution >= 4 is 11.9 Å². The summed E-state index contributed by atoms with van der Waals surface area (Å²) in [6.45, 7) is 2.83. The number of amides is 1. The Labute approximate surface area is 76.4 Å². The van der Waals surface area contributed by atoms with Gasteiger partial charge >= 0.3 is 5.97 Å². The average molecular weight is 187 g/mol. The molecule has 1 N–H and O–H groups in total. The monoisotopic (exact) mass is 187 g/mol. The SMILES string of the molecule is CCOC(=O)C1CC(=O)NCCO1. The standard InChI is InChI=1S/C8H13NO4/c1-2-12-8(11)6-5-7(10)9-3-4-13-6/h6H,2-5H2,1H3,(H,9,10).